The SMILES string of the molecule is CCc1noc(CC)c1S(=O)(=O)NC(CNC(=O)c1cn(C)c2c(F)c(CNC3=NCCN3)c(F)cc2c1=O)C(=O)O. The molecule has 3 heterocycles. The van der Waals surface area contributed by atoms with Crippen LogP contribution in [0.4, 0.5) is 8.78 Å². The van der Waals surface area contributed by atoms with Crippen LogP contribution in [-0.2, 0) is 41.3 Å². The largest absolute Gasteiger partial charge is 0.480 e. The van der Waals surface area contributed by atoms with Crippen LogP contribution >= 0.6 is 0 Å². The lowest BCUT2D eigenvalue weighted by Crippen LogP contribution is -2.49. The fourth-order valence-electron chi connectivity index (χ4n) is 4.47. The number of aliphatic imine (C=N–C) groups is 1. The molecule has 1 atom stereocenters. The molecule has 1 unspecified atom stereocenters. The number of sulfonamides is 1. The number of rotatable bonds is 11. The van der Waals surface area contributed by atoms with E-state index in [4.69, 9.17) is 4.52 Å². The van der Waals surface area contributed by atoms with Crippen LogP contribution in [0.1, 0.15) is 41.2 Å². The van der Waals surface area contributed by atoms with Gasteiger partial charge in [0, 0.05) is 44.9 Å². The summed E-state index contributed by atoms with van der Waals surface area (Å²) in [6.45, 7) is 3.38. The first-order valence-corrected chi connectivity index (χ1v) is 14.4. The highest BCUT2D eigenvalue weighted by atomic mass is 32.2. The van der Waals surface area contributed by atoms with Crippen molar-refractivity contribution in [2.45, 2.75) is 44.2 Å². The molecule has 0 saturated carbocycles. The number of hydrogen-bond acceptors (Lipinski definition) is 10. The van der Waals surface area contributed by atoms with Gasteiger partial charge in [-0.25, -0.2) is 17.2 Å². The summed E-state index contributed by atoms with van der Waals surface area (Å²) in [7, 11) is -3.08. The van der Waals surface area contributed by atoms with Crippen molar-refractivity contribution in [1.82, 2.24) is 30.4 Å². The second-order valence-corrected chi connectivity index (χ2v) is 11.0. The van der Waals surface area contributed by atoms with E-state index in [9.17, 15) is 32.3 Å². The molecule has 4 rings (SSSR count). The van der Waals surface area contributed by atoms with Crippen molar-refractivity contribution in [3.05, 3.63) is 56.7 Å². The van der Waals surface area contributed by atoms with E-state index in [-0.39, 0.29) is 46.8 Å². The van der Waals surface area contributed by atoms with Gasteiger partial charge in [-0.2, -0.15) is 4.72 Å². The Morgan fingerprint density at radius 3 is 2.62 bits per heavy atom. The zero-order chi connectivity index (χ0) is 30.8. The molecular formula is C25H29F2N7O7S. The van der Waals surface area contributed by atoms with Crippen LogP contribution in [0.5, 0.6) is 0 Å². The summed E-state index contributed by atoms with van der Waals surface area (Å²) >= 11 is 0. The van der Waals surface area contributed by atoms with Crippen molar-refractivity contribution in [3.8, 4) is 0 Å². The number of carboxylic acids is 1. The Bertz CT molecular complexity index is 1730. The number of carboxylic acid groups (broad SMARTS) is 1. The van der Waals surface area contributed by atoms with Gasteiger partial charge in [-0.3, -0.25) is 19.4 Å². The Morgan fingerprint density at radius 1 is 1.26 bits per heavy atom. The fraction of sp³-hybridized carbons (Fsp3) is 0.400. The number of carbonyl (C=O) groups excluding carboxylic acids is 1. The molecule has 0 saturated heterocycles. The molecule has 1 aliphatic rings. The van der Waals surface area contributed by atoms with E-state index < -0.39 is 62.5 Å². The van der Waals surface area contributed by atoms with Gasteiger partial charge in [-0.15, -0.1) is 0 Å². The molecule has 0 spiro atoms. The smallest absolute Gasteiger partial charge is 0.323 e. The van der Waals surface area contributed by atoms with Crippen LogP contribution in [-0.4, -0.2) is 66.8 Å². The number of carbonyl (C=O) groups is 2. The van der Waals surface area contributed by atoms with Crippen molar-refractivity contribution in [1.29, 1.82) is 0 Å². The number of fused-ring (bicyclic) bond motifs is 1. The molecule has 0 aliphatic carbocycles. The summed E-state index contributed by atoms with van der Waals surface area (Å²) in [5, 5.41) is 20.8. The summed E-state index contributed by atoms with van der Waals surface area (Å²) in [6, 6.07) is -1.01. The molecule has 1 aromatic carbocycles. The second kappa shape index (κ2) is 12.2. The van der Waals surface area contributed by atoms with Gasteiger partial charge >= 0.3 is 5.97 Å². The van der Waals surface area contributed by atoms with Crippen LogP contribution < -0.4 is 26.1 Å². The first-order valence-electron chi connectivity index (χ1n) is 12.9. The third-order valence-corrected chi connectivity index (χ3v) is 8.17. The number of halogens is 2. The lowest BCUT2D eigenvalue weighted by Gasteiger charge is -2.17. The molecule has 3 aromatic rings. The van der Waals surface area contributed by atoms with Crippen LogP contribution in [0, 0.1) is 11.6 Å². The summed E-state index contributed by atoms with van der Waals surface area (Å²) in [5.74, 6) is -4.29. The zero-order valence-corrected chi connectivity index (χ0v) is 23.7. The molecule has 0 bridgehead atoms. The molecule has 226 valence electrons. The first kappa shape index (κ1) is 30.6. The minimum Gasteiger partial charge on any atom is -0.480 e. The maximum absolute atomic E-state index is 15.4. The Morgan fingerprint density at radius 2 is 2.00 bits per heavy atom. The molecule has 0 fully saturated rings. The van der Waals surface area contributed by atoms with Crippen LogP contribution in [0.2, 0.25) is 0 Å². The molecule has 42 heavy (non-hydrogen) atoms. The van der Waals surface area contributed by atoms with Crippen molar-refractivity contribution in [2.75, 3.05) is 19.6 Å². The number of aromatic nitrogens is 2. The van der Waals surface area contributed by atoms with E-state index >= 15 is 4.39 Å². The Balaban J connectivity index is 1.57. The number of nitrogens with one attached hydrogen (secondary N) is 4. The number of amides is 1. The van der Waals surface area contributed by atoms with Crippen LogP contribution in [0.25, 0.3) is 10.9 Å². The van der Waals surface area contributed by atoms with Crippen molar-refractivity contribution >= 4 is 38.8 Å². The quantitative estimate of drug-likeness (QED) is 0.199. The molecular weight excluding hydrogens is 580 g/mol. The molecule has 14 nitrogen and oxygen atoms in total. The van der Waals surface area contributed by atoms with Gasteiger partial charge in [0.05, 0.1) is 17.4 Å². The Kier molecular flexibility index (Phi) is 8.91. The molecule has 1 amide bonds. The fourth-order valence-corrected chi connectivity index (χ4v) is 6.11. The average molecular weight is 610 g/mol. The van der Waals surface area contributed by atoms with E-state index in [1.54, 1.807) is 13.8 Å². The number of pyridine rings is 1. The van der Waals surface area contributed by atoms with E-state index in [0.29, 0.717) is 19.0 Å². The summed E-state index contributed by atoms with van der Waals surface area (Å²) in [4.78, 5) is 41.7. The predicted octanol–water partition coefficient (Wildman–Crippen LogP) is 0.140. The minimum absolute atomic E-state index is 0.0366. The number of hydrogen-bond donors (Lipinski definition) is 5. The maximum Gasteiger partial charge on any atom is 0.323 e. The summed E-state index contributed by atoms with van der Waals surface area (Å²) in [5.41, 5.74) is -2.02. The van der Waals surface area contributed by atoms with Crippen molar-refractivity contribution in [3.63, 3.8) is 0 Å². The van der Waals surface area contributed by atoms with Crippen LogP contribution in [0.3, 0.4) is 0 Å². The molecule has 0 radical (unpaired) electrons. The summed E-state index contributed by atoms with van der Waals surface area (Å²) in [6.07, 6.45) is 1.40. The molecule has 1 aliphatic heterocycles. The van der Waals surface area contributed by atoms with Crippen LogP contribution in [0.15, 0.2) is 31.5 Å². The number of nitrogens with zero attached hydrogens (tertiary/aromatic N) is 3. The van der Waals surface area contributed by atoms with Gasteiger partial charge in [-0.05, 0) is 12.5 Å². The highest BCUT2D eigenvalue weighted by Gasteiger charge is 2.32. The third-order valence-electron chi connectivity index (χ3n) is 6.57. The van der Waals surface area contributed by atoms with E-state index in [0.717, 1.165) is 16.8 Å². The van der Waals surface area contributed by atoms with E-state index in [2.05, 4.69) is 26.1 Å². The van der Waals surface area contributed by atoms with Gasteiger partial charge in [0.1, 0.15) is 28.0 Å². The van der Waals surface area contributed by atoms with Crippen molar-refractivity contribution in [2.24, 2.45) is 12.0 Å². The van der Waals surface area contributed by atoms with Gasteiger partial charge in [-0.1, -0.05) is 19.0 Å². The highest BCUT2D eigenvalue weighted by molar-refractivity contribution is 7.89. The highest BCUT2D eigenvalue weighted by Crippen LogP contribution is 2.23. The van der Waals surface area contributed by atoms with Gasteiger partial charge in [0.15, 0.2) is 17.5 Å². The zero-order valence-electron chi connectivity index (χ0n) is 22.9. The monoisotopic (exact) mass is 609 g/mol. The number of aliphatic carboxylic acids is 1. The number of benzene rings is 1. The Labute approximate surface area is 238 Å². The number of guanidine groups is 1. The first-order chi connectivity index (χ1) is 19.9. The standard InChI is InChI=1S/C25H29F2N7O7S/c1-4-16-22(18(5-2)41-32-16)42(39,40)33-17(24(37)38)10-30-23(36)14-11-34(3)20-12(21(14)35)8-15(26)13(19(20)27)9-31-25-28-6-7-29-25/h8,11,17,33H,4-7,9-10H2,1-3H3,(H,30,36)(H,37,38)(H2,28,29,31). The van der Waals surface area contributed by atoms with Gasteiger partial charge in [0.2, 0.25) is 15.5 Å². The topological polar surface area (TPSA) is 197 Å². The summed E-state index contributed by atoms with van der Waals surface area (Å²) < 4.78 is 64.5. The average Bonchev–Trinajstić information content (AvgIpc) is 3.62. The normalized spacial score (nSPS) is 14.0. The lowest BCUT2D eigenvalue weighted by atomic mass is 10.1. The number of aryl methyl sites for hydroxylation is 3. The van der Waals surface area contributed by atoms with E-state index in [1.807, 2.05) is 4.72 Å². The van der Waals surface area contributed by atoms with Crippen molar-refractivity contribution < 1.29 is 36.4 Å². The Hall–Kier alpha value is -4.38. The lowest BCUT2D eigenvalue weighted by molar-refractivity contribution is -0.138. The van der Waals surface area contributed by atoms with Gasteiger partial charge in [0.25, 0.3) is 5.91 Å². The predicted molar refractivity (Wildman–Crippen MR) is 146 cm³/mol. The minimum atomic E-state index is -4.43. The molecule has 17 heteroatoms. The maximum atomic E-state index is 15.4. The third kappa shape index (κ3) is 5.96. The molecule has 5 N–H and O–H groups in total. The van der Waals surface area contributed by atoms with E-state index in [1.165, 1.54) is 7.05 Å². The molecule has 2 aromatic heterocycles. The van der Waals surface area contributed by atoms with Gasteiger partial charge < -0.3 is 30.1 Å². The second-order valence-electron chi connectivity index (χ2n) is 9.35.